The summed E-state index contributed by atoms with van der Waals surface area (Å²) < 4.78 is 38.6. The Morgan fingerprint density at radius 3 is 2.45 bits per heavy atom. The van der Waals surface area contributed by atoms with Gasteiger partial charge in [-0.15, -0.1) is 0 Å². The highest BCUT2D eigenvalue weighted by Crippen LogP contribution is 2.33. The molecule has 0 atom stereocenters. The van der Waals surface area contributed by atoms with Crippen molar-refractivity contribution in [3.63, 3.8) is 0 Å². The second-order valence-electron chi connectivity index (χ2n) is 8.40. The molecule has 0 spiro atoms. The zero-order valence-electron chi connectivity index (χ0n) is 19.0. The van der Waals surface area contributed by atoms with Gasteiger partial charge in [-0.3, -0.25) is 4.79 Å². The molecule has 4 rings (SSSR count). The number of carbonyl (C=O) groups is 1. The smallest absolute Gasteiger partial charge is 0.257 e. The summed E-state index contributed by atoms with van der Waals surface area (Å²) in [7, 11) is -3.69. The molecular weight excluding hydrogens is 444 g/mol. The van der Waals surface area contributed by atoms with Gasteiger partial charge in [0.25, 0.3) is 5.91 Å². The number of rotatable bonds is 7. The van der Waals surface area contributed by atoms with Gasteiger partial charge >= 0.3 is 0 Å². The van der Waals surface area contributed by atoms with Gasteiger partial charge in [-0.05, 0) is 51.0 Å². The Bertz CT molecular complexity index is 1080. The summed E-state index contributed by atoms with van der Waals surface area (Å²) in [5.74, 6) is 0.0814. The fraction of sp³-hybridized carbons (Fsp3) is 0.478. The van der Waals surface area contributed by atoms with Gasteiger partial charge in [-0.2, -0.15) is 4.31 Å². The second kappa shape index (κ2) is 10.1. The number of amides is 1. The fourth-order valence-corrected chi connectivity index (χ4v) is 5.40. The number of hydrogen-bond donors (Lipinski definition) is 1. The van der Waals surface area contributed by atoms with Crippen molar-refractivity contribution in [2.75, 3.05) is 49.6 Å². The molecule has 0 aliphatic carbocycles. The van der Waals surface area contributed by atoms with Crippen molar-refractivity contribution in [3.8, 4) is 5.88 Å². The van der Waals surface area contributed by atoms with Gasteiger partial charge in [-0.25, -0.2) is 13.4 Å². The molecule has 1 aromatic heterocycles. The number of ether oxygens (including phenoxy) is 2. The van der Waals surface area contributed by atoms with Crippen LogP contribution in [0.3, 0.4) is 0 Å². The number of anilines is 2. The number of aromatic nitrogens is 1. The van der Waals surface area contributed by atoms with Crippen LogP contribution in [0.4, 0.5) is 11.4 Å². The van der Waals surface area contributed by atoms with E-state index < -0.39 is 10.0 Å². The molecule has 33 heavy (non-hydrogen) atoms. The van der Waals surface area contributed by atoms with E-state index in [9.17, 15) is 13.2 Å². The molecule has 2 saturated heterocycles. The summed E-state index contributed by atoms with van der Waals surface area (Å²) in [6, 6.07) is 8.25. The average Bonchev–Trinajstić information content (AvgIpc) is 3.34. The minimum Gasteiger partial charge on any atom is -0.475 e. The molecule has 0 radical (unpaired) electrons. The molecule has 2 aromatic rings. The lowest BCUT2D eigenvalue weighted by atomic mass is 10.2. The monoisotopic (exact) mass is 474 g/mol. The van der Waals surface area contributed by atoms with Gasteiger partial charge in [0.15, 0.2) is 0 Å². The SMILES string of the molecule is CC(C)Oc1ccc(C(=O)Nc2cc(S(=O)(=O)N3CCOCC3)ccc2N2CCCC2)cn1. The predicted molar refractivity (Wildman–Crippen MR) is 125 cm³/mol. The first-order valence-corrected chi connectivity index (χ1v) is 12.7. The van der Waals surface area contributed by atoms with E-state index in [0.29, 0.717) is 43.4 Å². The molecule has 1 aromatic carbocycles. The molecule has 2 aliphatic heterocycles. The highest BCUT2D eigenvalue weighted by molar-refractivity contribution is 7.89. The summed E-state index contributed by atoms with van der Waals surface area (Å²) in [6.07, 6.45) is 3.55. The molecule has 1 N–H and O–H groups in total. The van der Waals surface area contributed by atoms with Crippen molar-refractivity contribution in [1.82, 2.24) is 9.29 Å². The number of benzene rings is 1. The van der Waals surface area contributed by atoms with Gasteiger partial charge < -0.3 is 19.7 Å². The first kappa shape index (κ1) is 23.5. The third-order valence-corrected chi connectivity index (χ3v) is 7.52. The van der Waals surface area contributed by atoms with Crippen LogP contribution in [0.2, 0.25) is 0 Å². The van der Waals surface area contributed by atoms with Crippen LogP contribution in [0.25, 0.3) is 0 Å². The van der Waals surface area contributed by atoms with Crippen LogP contribution in [0.15, 0.2) is 41.4 Å². The van der Waals surface area contributed by atoms with E-state index >= 15 is 0 Å². The van der Waals surface area contributed by atoms with Crippen LogP contribution in [-0.2, 0) is 14.8 Å². The number of pyridine rings is 1. The van der Waals surface area contributed by atoms with Crippen molar-refractivity contribution < 1.29 is 22.7 Å². The number of morpholine rings is 1. The maximum atomic E-state index is 13.2. The third kappa shape index (κ3) is 5.45. The summed E-state index contributed by atoms with van der Waals surface area (Å²) in [5, 5.41) is 2.91. The topological polar surface area (TPSA) is 101 Å². The van der Waals surface area contributed by atoms with E-state index in [1.54, 1.807) is 30.3 Å². The van der Waals surface area contributed by atoms with E-state index in [1.807, 2.05) is 13.8 Å². The van der Waals surface area contributed by atoms with Gasteiger partial charge in [0.1, 0.15) is 0 Å². The molecule has 0 unspecified atom stereocenters. The van der Waals surface area contributed by atoms with Gasteiger partial charge in [0, 0.05) is 38.4 Å². The number of sulfonamides is 1. The molecule has 0 saturated carbocycles. The van der Waals surface area contributed by atoms with Crippen LogP contribution >= 0.6 is 0 Å². The quantitative estimate of drug-likeness (QED) is 0.658. The Kier molecular flexibility index (Phi) is 7.16. The Morgan fingerprint density at radius 2 is 1.82 bits per heavy atom. The lowest BCUT2D eigenvalue weighted by molar-refractivity contribution is 0.0730. The number of hydrogen-bond acceptors (Lipinski definition) is 7. The summed E-state index contributed by atoms with van der Waals surface area (Å²) >= 11 is 0. The van der Waals surface area contributed by atoms with Crippen LogP contribution < -0.4 is 15.0 Å². The second-order valence-corrected chi connectivity index (χ2v) is 10.3. The highest BCUT2D eigenvalue weighted by atomic mass is 32.2. The van der Waals surface area contributed by atoms with Crippen molar-refractivity contribution in [2.24, 2.45) is 0 Å². The predicted octanol–water partition coefficient (Wildman–Crippen LogP) is 2.74. The largest absolute Gasteiger partial charge is 0.475 e. The van der Waals surface area contributed by atoms with E-state index in [0.717, 1.165) is 31.6 Å². The Morgan fingerprint density at radius 1 is 1.09 bits per heavy atom. The summed E-state index contributed by atoms with van der Waals surface area (Å²) in [6.45, 7) is 6.90. The van der Waals surface area contributed by atoms with Gasteiger partial charge in [0.2, 0.25) is 15.9 Å². The average molecular weight is 475 g/mol. The van der Waals surface area contributed by atoms with Crippen LogP contribution in [0.5, 0.6) is 5.88 Å². The maximum Gasteiger partial charge on any atom is 0.257 e. The molecule has 3 heterocycles. The Hall–Kier alpha value is -2.69. The van der Waals surface area contributed by atoms with Gasteiger partial charge in [-0.1, -0.05) is 0 Å². The molecule has 10 heteroatoms. The highest BCUT2D eigenvalue weighted by Gasteiger charge is 2.28. The van der Waals surface area contributed by atoms with E-state index in [2.05, 4.69) is 15.2 Å². The normalized spacial score (nSPS) is 17.4. The van der Waals surface area contributed by atoms with Crippen molar-refractivity contribution >= 4 is 27.3 Å². The molecule has 2 fully saturated rings. The Balaban J connectivity index is 1.61. The number of carbonyl (C=O) groups excluding carboxylic acids is 1. The fourth-order valence-electron chi connectivity index (χ4n) is 3.97. The maximum absolute atomic E-state index is 13.2. The molecular formula is C23H30N4O5S. The van der Waals surface area contributed by atoms with Crippen LogP contribution in [0, 0.1) is 0 Å². The number of nitrogens with one attached hydrogen (secondary N) is 1. The molecule has 0 bridgehead atoms. The Labute approximate surface area is 194 Å². The zero-order valence-corrected chi connectivity index (χ0v) is 19.8. The van der Waals surface area contributed by atoms with E-state index in [-0.39, 0.29) is 16.9 Å². The molecule has 1 amide bonds. The van der Waals surface area contributed by atoms with Crippen LogP contribution in [0.1, 0.15) is 37.0 Å². The van der Waals surface area contributed by atoms with Crippen LogP contribution in [-0.4, -0.2) is 69.1 Å². The molecule has 9 nitrogen and oxygen atoms in total. The van der Waals surface area contributed by atoms with Crippen molar-refractivity contribution in [2.45, 2.75) is 37.7 Å². The minimum atomic E-state index is -3.69. The lowest BCUT2D eigenvalue weighted by Gasteiger charge is -2.27. The molecule has 2 aliphatic rings. The van der Waals surface area contributed by atoms with Crippen molar-refractivity contribution in [1.29, 1.82) is 0 Å². The van der Waals surface area contributed by atoms with E-state index in [1.165, 1.54) is 10.5 Å². The lowest BCUT2D eigenvalue weighted by Crippen LogP contribution is -2.40. The first-order chi connectivity index (χ1) is 15.8. The number of nitrogens with zero attached hydrogens (tertiary/aromatic N) is 3. The minimum absolute atomic E-state index is 0.0173. The molecule has 178 valence electrons. The third-order valence-electron chi connectivity index (χ3n) is 5.63. The summed E-state index contributed by atoms with van der Waals surface area (Å²) in [5.41, 5.74) is 1.65. The zero-order chi connectivity index (χ0) is 23.4. The van der Waals surface area contributed by atoms with Crippen molar-refractivity contribution in [3.05, 3.63) is 42.1 Å². The van der Waals surface area contributed by atoms with Gasteiger partial charge in [0.05, 0.1) is 41.2 Å². The first-order valence-electron chi connectivity index (χ1n) is 11.3. The van der Waals surface area contributed by atoms with E-state index in [4.69, 9.17) is 9.47 Å². The standard InChI is InChI=1S/C23H30N4O5S/c1-17(2)32-22-8-5-18(16-24-22)23(28)25-20-15-19(6-7-21(20)26-9-3-4-10-26)33(29,30)27-11-13-31-14-12-27/h5-8,15-17H,3-4,9-14H2,1-2H3,(H,25,28). The summed E-state index contributed by atoms with van der Waals surface area (Å²) in [4.78, 5) is 19.5.